The van der Waals surface area contributed by atoms with Crippen molar-refractivity contribution in [2.45, 2.75) is 6.92 Å². The summed E-state index contributed by atoms with van der Waals surface area (Å²) in [6.45, 7) is 1.88. The van der Waals surface area contributed by atoms with E-state index in [9.17, 15) is 10.1 Å². The average Bonchev–Trinajstić information content (AvgIpc) is 2.35. The molecule has 19 heavy (non-hydrogen) atoms. The monoisotopic (exact) mass is 342 g/mol. The van der Waals surface area contributed by atoms with Gasteiger partial charge in [-0.1, -0.05) is 22.0 Å². The Bertz CT molecular complexity index is 651. The molecular weight excluding hydrogens is 336 g/mol. The Balaban J connectivity index is 2.45. The maximum Gasteiger partial charge on any atom is 0.329 e. The Morgan fingerprint density at radius 1 is 1.47 bits per heavy atom. The zero-order valence-electron chi connectivity index (χ0n) is 9.72. The summed E-state index contributed by atoms with van der Waals surface area (Å²) in [5.41, 5.74) is 1.38. The van der Waals surface area contributed by atoms with Crippen molar-refractivity contribution < 1.29 is 4.92 Å². The quantitative estimate of drug-likeness (QED) is 0.520. The lowest BCUT2D eigenvalue weighted by atomic mass is 10.2. The molecule has 0 bridgehead atoms. The SMILES string of the molecule is Cc1c(Br)cccc1Nc1nc(Cl)ncc1[N+](=O)[O-]. The van der Waals surface area contributed by atoms with Crippen LogP contribution in [0.5, 0.6) is 0 Å². The molecular formula is C11H8BrClN4O2. The van der Waals surface area contributed by atoms with E-state index in [0.717, 1.165) is 16.2 Å². The van der Waals surface area contributed by atoms with Gasteiger partial charge in [0.15, 0.2) is 0 Å². The van der Waals surface area contributed by atoms with E-state index in [2.05, 4.69) is 31.2 Å². The Hall–Kier alpha value is -1.73. The van der Waals surface area contributed by atoms with Crippen LogP contribution in [0.1, 0.15) is 5.56 Å². The van der Waals surface area contributed by atoms with Gasteiger partial charge in [-0.25, -0.2) is 4.98 Å². The minimum absolute atomic E-state index is 0.0549. The van der Waals surface area contributed by atoms with E-state index in [1.807, 2.05) is 19.1 Å². The predicted octanol–water partition coefficient (Wildman–Crippen LogP) is 3.85. The third-order valence-corrected chi connectivity index (χ3v) is 3.50. The van der Waals surface area contributed by atoms with Crippen LogP contribution in [0.25, 0.3) is 0 Å². The highest BCUT2D eigenvalue weighted by Crippen LogP contribution is 2.30. The third-order valence-electron chi connectivity index (χ3n) is 2.46. The highest BCUT2D eigenvalue weighted by molar-refractivity contribution is 9.10. The number of aromatic nitrogens is 2. The zero-order chi connectivity index (χ0) is 14.0. The molecule has 0 fully saturated rings. The molecule has 2 aromatic rings. The molecule has 0 radical (unpaired) electrons. The highest BCUT2D eigenvalue weighted by Gasteiger charge is 2.17. The lowest BCUT2D eigenvalue weighted by Crippen LogP contribution is -2.02. The first-order valence-corrected chi connectivity index (χ1v) is 6.35. The summed E-state index contributed by atoms with van der Waals surface area (Å²) in [6, 6.07) is 5.48. The normalized spacial score (nSPS) is 10.3. The maximum absolute atomic E-state index is 10.9. The van der Waals surface area contributed by atoms with E-state index in [0.29, 0.717) is 5.69 Å². The van der Waals surface area contributed by atoms with Crippen LogP contribution in [0.4, 0.5) is 17.2 Å². The minimum atomic E-state index is -0.564. The molecule has 1 heterocycles. The number of rotatable bonds is 3. The van der Waals surface area contributed by atoms with Crippen LogP contribution < -0.4 is 5.32 Å². The van der Waals surface area contributed by atoms with Crippen LogP contribution in [0.3, 0.4) is 0 Å². The van der Waals surface area contributed by atoms with Gasteiger partial charge in [-0.3, -0.25) is 10.1 Å². The molecule has 0 spiro atoms. The number of halogens is 2. The molecule has 0 saturated carbocycles. The first kappa shape index (κ1) is 13.7. The fourth-order valence-electron chi connectivity index (χ4n) is 1.45. The van der Waals surface area contributed by atoms with E-state index in [1.165, 1.54) is 0 Å². The summed E-state index contributed by atoms with van der Waals surface area (Å²) < 4.78 is 0.889. The topological polar surface area (TPSA) is 81.0 Å². The summed E-state index contributed by atoms with van der Waals surface area (Å²) >= 11 is 9.05. The Labute approximate surface area is 122 Å². The number of nitrogens with zero attached hydrogens (tertiary/aromatic N) is 3. The van der Waals surface area contributed by atoms with Crippen LogP contribution in [0.15, 0.2) is 28.9 Å². The summed E-state index contributed by atoms with van der Waals surface area (Å²) in [5.74, 6) is 0.0613. The molecule has 0 amide bonds. The molecule has 1 N–H and O–H groups in total. The second-order valence-electron chi connectivity index (χ2n) is 3.67. The van der Waals surface area contributed by atoms with Crippen LogP contribution in [0, 0.1) is 17.0 Å². The molecule has 2 rings (SSSR count). The molecule has 6 nitrogen and oxygen atoms in total. The molecule has 1 aromatic heterocycles. The number of nitro groups is 1. The van der Waals surface area contributed by atoms with E-state index in [4.69, 9.17) is 11.6 Å². The van der Waals surface area contributed by atoms with Gasteiger partial charge in [0.25, 0.3) is 0 Å². The lowest BCUT2D eigenvalue weighted by Gasteiger charge is -2.10. The van der Waals surface area contributed by atoms with E-state index < -0.39 is 4.92 Å². The molecule has 0 saturated heterocycles. The smallest absolute Gasteiger partial charge is 0.329 e. The molecule has 1 aromatic carbocycles. The van der Waals surface area contributed by atoms with Gasteiger partial charge in [0.2, 0.25) is 11.1 Å². The minimum Gasteiger partial charge on any atom is -0.334 e. The first-order valence-electron chi connectivity index (χ1n) is 5.18. The molecule has 98 valence electrons. The van der Waals surface area contributed by atoms with Gasteiger partial charge in [-0.2, -0.15) is 4.98 Å². The predicted molar refractivity (Wildman–Crippen MR) is 75.9 cm³/mol. The van der Waals surface area contributed by atoms with E-state index in [1.54, 1.807) is 6.07 Å². The maximum atomic E-state index is 10.9. The van der Waals surface area contributed by atoms with Crippen LogP contribution >= 0.6 is 27.5 Å². The van der Waals surface area contributed by atoms with Gasteiger partial charge in [-0.05, 0) is 36.2 Å². The van der Waals surface area contributed by atoms with Crippen LogP contribution in [-0.4, -0.2) is 14.9 Å². The number of anilines is 2. The second-order valence-corrected chi connectivity index (χ2v) is 4.86. The molecule has 0 aliphatic heterocycles. The second kappa shape index (κ2) is 5.50. The van der Waals surface area contributed by atoms with Crippen molar-refractivity contribution in [3.8, 4) is 0 Å². The number of hydrogen-bond donors (Lipinski definition) is 1. The fourth-order valence-corrected chi connectivity index (χ4v) is 1.95. The lowest BCUT2D eigenvalue weighted by molar-refractivity contribution is -0.384. The third kappa shape index (κ3) is 2.99. The van der Waals surface area contributed by atoms with Gasteiger partial charge < -0.3 is 5.32 Å². The van der Waals surface area contributed by atoms with Crippen molar-refractivity contribution in [1.82, 2.24) is 9.97 Å². The van der Waals surface area contributed by atoms with Crippen molar-refractivity contribution >= 4 is 44.7 Å². The molecule has 0 aliphatic rings. The standard InChI is InChI=1S/C11H8BrClN4O2/c1-6-7(12)3-2-4-8(6)15-10-9(17(18)19)5-14-11(13)16-10/h2-5H,1H3,(H,14,15,16). The molecule has 8 heteroatoms. The highest BCUT2D eigenvalue weighted by atomic mass is 79.9. The van der Waals surface area contributed by atoms with Crippen molar-refractivity contribution in [3.05, 3.63) is 49.8 Å². The van der Waals surface area contributed by atoms with Crippen LogP contribution in [-0.2, 0) is 0 Å². The van der Waals surface area contributed by atoms with E-state index in [-0.39, 0.29) is 16.8 Å². The van der Waals surface area contributed by atoms with Crippen molar-refractivity contribution in [2.24, 2.45) is 0 Å². The summed E-state index contributed by atoms with van der Waals surface area (Å²) in [5, 5.41) is 13.8. The number of hydrogen-bond acceptors (Lipinski definition) is 5. The van der Waals surface area contributed by atoms with Gasteiger partial charge >= 0.3 is 5.69 Å². The largest absolute Gasteiger partial charge is 0.334 e. The zero-order valence-corrected chi connectivity index (χ0v) is 12.1. The Morgan fingerprint density at radius 2 is 2.21 bits per heavy atom. The summed E-state index contributed by atoms with van der Waals surface area (Å²) in [6.07, 6.45) is 1.07. The molecule has 0 unspecified atom stereocenters. The molecule has 0 atom stereocenters. The number of benzene rings is 1. The fraction of sp³-hybridized carbons (Fsp3) is 0.0909. The van der Waals surface area contributed by atoms with Gasteiger partial charge in [-0.15, -0.1) is 0 Å². The van der Waals surface area contributed by atoms with Crippen LogP contribution in [0.2, 0.25) is 5.28 Å². The number of nitrogens with one attached hydrogen (secondary N) is 1. The Morgan fingerprint density at radius 3 is 2.89 bits per heavy atom. The average molecular weight is 344 g/mol. The van der Waals surface area contributed by atoms with Gasteiger partial charge in [0.1, 0.15) is 6.20 Å². The Kier molecular flexibility index (Phi) is 3.96. The van der Waals surface area contributed by atoms with Gasteiger partial charge in [0, 0.05) is 10.2 Å². The van der Waals surface area contributed by atoms with Crippen molar-refractivity contribution in [2.75, 3.05) is 5.32 Å². The first-order chi connectivity index (χ1) is 8.99. The van der Waals surface area contributed by atoms with Gasteiger partial charge in [0.05, 0.1) is 4.92 Å². The summed E-state index contributed by atoms with van der Waals surface area (Å²) in [4.78, 5) is 17.8. The summed E-state index contributed by atoms with van der Waals surface area (Å²) in [7, 11) is 0. The van der Waals surface area contributed by atoms with E-state index >= 15 is 0 Å². The van der Waals surface area contributed by atoms with Crippen molar-refractivity contribution in [1.29, 1.82) is 0 Å². The van der Waals surface area contributed by atoms with Crippen molar-refractivity contribution in [3.63, 3.8) is 0 Å². The molecule has 0 aliphatic carbocycles.